The molecule has 0 aromatic rings. The molecule has 0 N–H and O–H groups in total. The number of carbonyl (C=O) groups excluding carboxylic acids is 2. The molecule has 5 nitrogen and oxygen atoms in total. The van der Waals surface area contributed by atoms with Crippen LogP contribution in [0.25, 0.3) is 0 Å². The summed E-state index contributed by atoms with van der Waals surface area (Å²) in [5.74, 6) is -1.59. The van der Waals surface area contributed by atoms with Crippen LogP contribution in [0.5, 0.6) is 0 Å². The molecule has 1 saturated heterocycles. The van der Waals surface area contributed by atoms with E-state index < -0.39 is 11.8 Å². The standard InChI is InChI=1S/C18H29NO4/c1-17(2)11-8-12-18(3,4)19(17)23-16(21)14-10-7-6-9-13(14)15(20)22-5/h6-7,13-14H,8-12H2,1-5H3. The molecular weight excluding hydrogens is 294 g/mol. The Kier molecular flexibility index (Phi) is 5.19. The molecule has 2 atom stereocenters. The second kappa shape index (κ2) is 6.63. The van der Waals surface area contributed by atoms with Crippen LogP contribution in [0.2, 0.25) is 0 Å². The molecule has 130 valence electrons. The lowest BCUT2D eigenvalue weighted by atomic mass is 9.81. The summed E-state index contributed by atoms with van der Waals surface area (Å²) in [5, 5.41) is 1.85. The highest BCUT2D eigenvalue weighted by Crippen LogP contribution is 2.39. The van der Waals surface area contributed by atoms with Gasteiger partial charge in [-0.1, -0.05) is 12.2 Å². The average molecular weight is 323 g/mol. The second-order valence-electron chi connectivity index (χ2n) is 7.86. The van der Waals surface area contributed by atoms with E-state index in [9.17, 15) is 9.59 Å². The highest BCUT2D eigenvalue weighted by molar-refractivity contribution is 5.82. The van der Waals surface area contributed by atoms with Crippen molar-refractivity contribution < 1.29 is 19.2 Å². The zero-order valence-corrected chi connectivity index (χ0v) is 14.9. The van der Waals surface area contributed by atoms with Gasteiger partial charge < -0.3 is 9.57 Å². The maximum atomic E-state index is 12.8. The molecule has 0 spiro atoms. The van der Waals surface area contributed by atoms with Crippen LogP contribution < -0.4 is 0 Å². The molecule has 1 aliphatic heterocycles. The zero-order chi connectivity index (χ0) is 17.3. The number of methoxy groups -OCH3 is 1. The van der Waals surface area contributed by atoms with Crippen molar-refractivity contribution in [3.05, 3.63) is 12.2 Å². The number of allylic oxidation sites excluding steroid dienone is 2. The molecule has 23 heavy (non-hydrogen) atoms. The topological polar surface area (TPSA) is 55.8 Å². The molecular formula is C18H29NO4. The smallest absolute Gasteiger partial charge is 0.329 e. The number of piperidine rings is 1. The predicted octanol–water partition coefficient (Wildman–Crippen LogP) is 3.24. The lowest BCUT2D eigenvalue weighted by molar-refractivity contribution is -0.269. The van der Waals surface area contributed by atoms with Crippen LogP contribution in [0.1, 0.15) is 59.8 Å². The summed E-state index contributed by atoms with van der Waals surface area (Å²) >= 11 is 0. The Labute approximate surface area is 139 Å². The Hall–Kier alpha value is -1.36. The maximum Gasteiger partial charge on any atom is 0.329 e. The summed E-state index contributed by atoms with van der Waals surface area (Å²) in [4.78, 5) is 30.6. The summed E-state index contributed by atoms with van der Waals surface area (Å²) in [6.45, 7) is 8.39. The van der Waals surface area contributed by atoms with Gasteiger partial charge in [0.05, 0.1) is 30.0 Å². The van der Waals surface area contributed by atoms with E-state index in [1.54, 1.807) is 0 Å². The largest absolute Gasteiger partial charge is 0.469 e. The zero-order valence-electron chi connectivity index (χ0n) is 14.9. The summed E-state index contributed by atoms with van der Waals surface area (Å²) < 4.78 is 4.85. The number of hydroxylamine groups is 2. The quantitative estimate of drug-likeness (QED) is 0.589. The molecule has 0 radical (unpaired) electrons. The summed E-state index contributed by atoms with van der Waals surface area (Å²) in [6.07, 6.45) is 8.00. The monoisotopic (exact) mass is 323 g/mol. The van der Waals surface area contributed by atoms with Gasteiger partial charge in [0.25, 0.3) is 0 Å². The van der Waals surface area contributed by atoms with Gasteiger partial charge in [-0.05, 0) is 59.8 Å². The van der Waals surface area contributed by atoms with Gasteiger partial charge in [0, 0.05) is 0 Å². The lowest BCUT2D eigenvalue weighted by Crippen LogP contribution is -2.59. The van der Waals surface area contributed by atoms with Gasteiger partial charge in [0.15, 0.2) is 0 Å². The van der Waals surface area contributed by atoms with Crippen LogP contribution >= 0.6 is 0 Å². The molecule has 0 bridgehead atoms. The Balaban J connectivity index is 2.16. The minimum absolute atomic E-state index is 0.206. The lowest BCUT2D eigenvalue weighted by Gasteiger charge is -2.50. The predicted molar refractivity (Wildman–Crippen MR) is 87.3 cm³/mol. The van der Waals surface area contributed by atoms with Gasteiger partial charge in [0.2, 0.25) is 0 Å². The van der Waals surface area contributed by atoms with Crippen LogP contribution in [-0.4, -0.2) is 35.2 Å². The van der Waals surface area contributed by atoms with E-state index in [1.165, 1.54) is 7.11 Å². The van der Waals surface area contributed by atoms with Gasteiger partial charge >= 0.3 is 11.9 Å². The van der Waals surface area contributed by atoms with E-state index in [4.69, 9.17) is 9.57 Å². The third-order valence-electron chi connectivity index (χ3n) is 5.10. The third kappa shape index (κ3) is 3.77. The number of rotatable bonds is 3. The normalized spacial score (nSPS) is 29.8. The van der Waals surface area contributed by atoms with E-state index >= 15 is 0 Å². The fourth-order valence-corrected chi connectivity index (χ4v) is 3.87. The summed E-state index contributed by atoms with van der Waals surface area (Å²) in [5.41, 5.74) is -0.411. The number of carbonyl (C=O) groups is 2. The number of hydrogen-bond donors (Lipinski definition) is 0. The van der Waals surface area contributed by atoms with E-state index in [0.717, 1.165) is 19.3 Å². The Morgan fingerprint density at radius 3 is 1.91 bits per heavy atom. The van der Waals surface area contributed by atoms with E-state index in [-0.39, 0.29) is 23.0 Å². The number of ether oxygens (including phenoxy) is 1. The van der Waals surface area contributed by atoms with Crippen molar-refractivity contribution in [3.8, 4) is 0 Å². The molecule has 1 fully saturated rings. The fourth-order valence-electron chi connectivity index (χ4n) is 3.87. The molecule has 1 aliphatic carbocycles. The molecule has 1 heterocycles. The fraction of sp³-hybridized carbons (Fsp3) is 0.778. The first kappa shape index (κ1) is 18.0. The highest BCUT2D eigenvalue weighted by Gasteiger charge is 2.46. The van der Waals surface area contributed by atoms with Gasteiger partial charge in [-0.25, -0.2) is 0 Å². The molecule has 0 saturated carbocycles. The van der Waals surface area contributed by atoms with Crippen molar-refractivity contribution in [2.24, 2.45) is 11.8 Å². The van der Waals surface area contributed by atoms with E-state index in [1.807, 2.05) is 17.2 Å². The van der Waals surface area contributed by atoms with E-state index in [2.05, 4.69) is 27.7 Å². The minimum atomic E-state index is -0.471. The van der Waals surface area contributed by atoms with E-state index in [0.29, 0.717) is 12.8 Å². The Morgan fingerprint density at radius 1 is 0.957 bits per heavy atom. The van der Waals surface area contributed by atoms with Gasteiger partial charge in [-0.15, -0.1) is 5.06 Å². The first-order valence-electron chi connectivity index (χ1n) is 8.44. The van der Waals surface area contributed by atoms with Crippen LogP contribution in [0.4, 0.5) is 0 Å². The van der Waals surface area contributed by atoms with Crippen LogP contribution in [0.15, 0.2) is 12.2 Å². The van der Waals surface area contributed by atoms with Gasteiger partial charge in [-0.2, -0.15) is 0 Å². The molecule has 0 aromatic heterocycles. The Morgan fingerprint density at radius 2 is 1.43 bits per heavy atom. The molecule has 2 rings (SSSR count). The molecule has 0 aromatic carbocycles. The van der Waals surface area contributed by atoms with Crippen LogP contribution in [0, 0.1) is 11.8 Å². The summed E-state index contributed by atoms with van der Waals surface area (Å²) in [6, 6.07) is 0. The Bertz CT molecular complexity index is 479. The van der Waals surface area contributed by atoms with Crippen molar-refractivity contribution in [2.75, 3.05) is 7.11 Å². The molecule has 0 amide bonds. The number of nitrogens with zero attached hydrogens (tertiary/aromatic N) is 1. The number of hydrogen-bond acceptors (Lipinski definition) is 5. The van der Waals surface area contributed by atoms with Crippen LogP contribution in [-0.2, 0) is 19.2 Å². The molecule has 5 heteroatoms. The van der Waals surface area contributed by atoms with Crippen LogP contribution in [0.3, 0.4) is 0 Å². The number of esters is 1. The van der Waals surface area contributed by atoms with Crippen molar-refractivity contribution >= 4 is 11.9 Å². The SMILES string of the molecule is COC(=O)C1CC=CCC1C(=O)ON1C(C)(C)CCCC1(C)C. The first-order valence-corrected chi connectivity index (χ1v) is 8.44. The molecule has 2 unspecified atom stereocenters. The molecule has 2 aliphatic rings. The first-order chi connectivity index (χ1) is 10.7. The van der Waals surface area contributed by atoms with Crippen molar-refractivity contribution in [2.45, 2.75) is 70.9 Å². The minimum Gasteiger partial charge on any atom is -0.469 e. The summed E-state index contributed by atoms with van der Waals surface area (Å²) in [7, 11) is 1.36. The van der Waals surface area contributed by atoms with Crippen molar-refractivity contribution in [3.63, 3.8) is 0 Å². The van der Waals surface area contributed by atoms with Gasteiger partial charge in [-0.3, -0.25) is 9.59 Å². The third-order valence-corrected chi connectivity index (χ3v) is 5.10. The maximum absolute atomic E-state index is 12.8. The average Bonchev–Trinajstić information content (AvgIpc) is 2.49. The van der Waals surface area contributed by atoms with Crippen molar-refractivity contribution in [1.29, 1.82) is 0 Å². The van der Waals surface area contributed by atoms with Crippen molar-refractivity contribution in [1.82, 2.24) is 5.06 Å². The van der Waals surface area contributed by atoms with Gasteiger partial charge in [0.1, 0.15) is 0 Å². The second-order valence-corrected chi connectivity index (χ2v) is 7.86. The highest BCUT2D eigenvalue weighted by atomic mass is 16.7.